The van der Waals surface area contributed by atoms with Crippen LogP contribution in [0.2, 0.25) is 0 Å². The Kier molecular flexibility index (Phi) is 8.21. The molecule has 2 fully saturated rings. The fourth-order valence-electron chi connectivity index (χ4n) is 4.15. The smallest absolute Gasteiger partial charge is 0.279 e. The number of likely N-dealkylation sites (tertiary alicyclic amines) is 1. The third-order valence-corrected chi connectivity index (χ3v) is 5.88. The predicted molar refractivity (Wildman–Crippen MR) is 131 cm³/mol. The Morgan fingerprint density at radius 3 is 2.38 bits per heavy atom. The van der Waals surface area contributed by atoms with Crippen molar-refractivity contribution in [3.05, 3.63) is 60.2 Å². The maximum absolute atomic E-state index is 13.0. The molecule has 1 atom stereocenters. The summed E-state index contributed by atoms with van der Waals surface area (Å²) in [6, 6.07) is 14.5. The van der Waals surface area contributed by atoms with Gasteiger partial charge in [0.1, 0.15) is 24.1 Å². The molecule has 2 aliphatic rings. The van der Waals surface area contributed by atoms with Crippen molar-refractivity contribution in [1.82, 2.24) is 15.5 Å². The summed E-state index contributed by atoms with van der Waals surface area (Å²) in [5.41, 5.74) is 5.49. The Labute approximate surface area is 213 Å². The molecule has 0 saturated carbocycles. The molecule has 2 saturated heterocycles. The Hall–Kier alpha value is -4.16. The first-order valence-electron chi connectivity index (χ1n) is 11.8. The highest BCUT2D eigenvalue weighted by Gasteiger charge is 2.52. The number of carbonyl (C=O) groups is 3. The van der Waals surface area contributed by atoms with Crippen molar-refractivity contribution >= 4 is 23.7 Å². The second kappa shape index (κ2) is 11.7. The lowest BCUT2D eigenvalue weighted by molar-refractivity contribution is -0.152. The van der Waals surface area contributed by atoms with E-state index >= 15 is 0 Å². The van der Waals surface area contributed by atoms with Gasteiger partial charge in [0.05, 0.1) is 32.8 Å². The number of carbonyl (C=O) groups excluding carboxylic acids is 3. The summed E-state index contributed by atoms with van der Waals surface area (Å²) in [5, 5.41) is 12.3. The maximum atomic E-state index is 13.0. The molecular formula is C25H29N5O7. The highest BCUT2D eigenvalue weighted by Crippen LogP contribution is 2.34. The van der Waals surface area contributed by atoms with Crippen LogP contribution in [0.4, 0.5) is 0 Å². The van der Waals surface area contributed by atoms with Gasteiger partial charge in [-0.25, -0.2) is 0 Å². The molecule has 2 aliphatic heterocycles. The predicted octanol–water partition coefficient (Wildman–Crippen LogP) is 0.579. The van der Waals surface area contributed by atoms with Gasteiger partial charge in [-0.05, 0) is 36.4 Å². The second-order valence-corrected chi connectivity index (χ2v) is 8.48. The van der Waals surface area contributed by atoms with Crippen LogP contribution in [0.25, 0.3) is 0 Å². The van der Waals surface area contributed by atoms with Crippen LogP contribution in [0.5, 0.6) is 11.5 Å². The highest BCUT2D eigenvalue weighted by atomic mass is 16.7. The standard InChI is InChI=1S/C25H29N5O7/c26-24(27)34-11-10-28-23(33)20-14-25(35-12-13-36-25)16-30(20)21(31)15-29-22(32)17-6-8-19(9-7-17)37-18-4-2-1-3-5-18/h1-9,20H,10-16H2,(H3,26,27)(H,28,33)(H,29,32)/t20-/m0/s1. The summed E-state index contributed by atoms with van der Waals surface area (Å²) in [6.45, 7) is 0.605. The van der Waals surface area contributed by atoms with Gasteiger partial charge in [0.2, 0.25) is 11.8 Å². The molecule has 0 bridgehead atoms. The molecule has 37 heavy (non-hydrogen) atoms. The molecule has 12 heteroatoms. The number of amidine groups is 1. The number of hydrogen-bond donors (Lipinski definition) is 4. The molecule has 0 unspecified atom stereocenters. The van der Waals surface area contributed by atoms with Gasteiger partial charge < -0.3 is 40.2 Å². The molecule has 2 heterocycles. The first-order valence-corrected chi connectivity index (χ1v) is 11.8. The van der Waals surface area contributed by atoms with E-state index in [0.29, 0.717) is 30.3 Å². The highest BCUT2D eigenvalue weighted by molar-refractivity contribution is 5.97. The Balaban J connectivity index is 1.32. The fourth-order valence-corrected chi connectivity index (χ4v) is 4.15. The Morgan fingerprint density at radius 1 is 1.03 bits per heavy atom. The van der Waals surface area contributed by atoms with Crippen LogP contribution in [-0.4, -0.2) is 79.9 Å². The number of rotatable bonds is 9. The molecule has 3 amide bonds. The van der Waals surface area contributed by atoms with Crippen molar-refractivity contribution < 1.29 is 33.3 Å². The Bertz CT molecular complexity index is 1120. The van der Waals surface area contributed by atoms with Crippen LogP contribution in [0.15, 0.2) is 54.6 Å². The van der Waals surface area contributed by atoms with E-state index in [-0.39, 0.29) is 32.7 Å². The molecule has 5 N–H and O–H groups in total. The third-order valence-electron chi connectivity index (χ3n) is 5.88. The first-order chi connectivity index (χ1) is 17.8. The first kappa shape index (κ1) is 25.9. The van der Waals surface area contributed by atoms with Gasteiger partial charge in [-0.2, -0.15) is 0 Å². The van der Waals surface area contributed by atoms with Crippen LogP contribution in [0, 0.1) is 5.41 Å². The van der Waals surface area contributed by atoms with E-state index in [0.717, 1.165) is 0 Å². The van der Waals surface area contributed by atoms with Crippen LogP contribution in [0.3, 0.4) is 0 Å². The number of nitrogens with one attached hydrogen (secondary N) is 3. The van der Waals surface area contributed by atoms with Gasteiger partial charge in [0.15, 0.2) is 5.79 Å². The van der Waals surface area contributed by atoms with Crippen LogP contribution in [0.1, 0.15) is 16.8 Å². The van der Waals surface area contributed by atoms with Crippen molar-refractivity contribution in [2.24, 2.45) is 5.73 Å². The minimum atomic E-state index is -1.05. The molecule has 196 valence electrons. The molecule has 1 spiro atoms. The van der Waals surface area contributed by atoms with Crippen molar-refractivity contribution in [2.45, 2.75) is 18.2 Å². The van der Waals surface area contributed by atoms with Gasteiger partial charge in [0, 0.05) is 12.0 Å². The minimum Gasteiger partial charge on any atom is -0.464 e. The van der Waals surface area contributed by atoms with Crippen molar-refractivity contribution in [3.63, 3.8) is 0 Å². The average Bonchev–Trinajstić information content (AvgIpc) is 3.52. The zero-order chi connectivity index (χ0) is 26.3. The largest absolute Gasteiger partial charge is 0.464 e. The summed E-state index contributed by atoms with van der Waals surface area (Å²) < 4.78 is 22.0. The van der Waals surface area contributed by atoms with Gasteiger partial charge in [-0.15, -0.1) is 0 Å². The quantitative estimate of drug-likeness (QED) is 0.216. The molecule has 0 aliphatic carbocycles. The molecule has 2 aromatic carbocycles. The summed E-state index contributed by atoms with van der Waals surface area (Å²) >= 11 is 0. The molecule has 0 aromatic heterocycles. The second-order valence-electron chi connectivity index (χ2n) is 8.48. The number of ether oxygens (including phenoxy) is 4. The normalized spacial score (nSPS) is 17.8. The SMILES string of the molecule is N=C(N)OCCNC(=O)[C@@H]1CC2(CN1C(=O)CNC(=O)c1ccc(Oc3ccccc3)cc1)OCCO2. The van der Waals surface area contributed by atoms with Gasteiger partial charge in [-0.1, -0.05) is 18.2 Å². The Morgan fingerprint density at radius 2 is 1.70 bits per heavy atom. The van der Waals surface area contributed by atoms with E-state index in [1.54, 1.807) is 24.3 Å². The molecular weight excluding hydrogens is 482 g/mol. The van der Waals surface area contributed by atoms with Gasteiger partial charge in [0.25, 0.3) is 11.9 Å². The monoisotopic (exact) mass is 511 g/mol. The van der Waals surface area contributed by atoms with Gasteiger partial charge >= 0.3 is 0 Å². The number of para-hydroxylation sites is 1. The number of benzene rings is 2. The topological polar surface area (TPSA) is 165 Å². The van der Waals surface area contributed by atoms with E-state index < -0.39 is 35.6 Å². The fraction of sp³-hybridized carbons (Fsp3) is 0.360. The number of nitrogens with zero attached hydrogens (tertiary/aromatic N) is 1. The summed E-state index contributed by atoms with van der Waals surface area (Å²) in [7, 11) is 0. The van der Waals surface area contributed by atoms with E-state index in [9.17, 15) is 14.4 Å². The number of nitrogens with two attached hydrogens (primary N) is 1. The van der Waals surface area contributed by atoms with E-state index in [1.807, 2.05) is 30.3 Å². The zero-order valence-corrected chi connectivity index (χ0v) is 20.1. The van der Waals surface area contributed by atoms with Crippen molar-refractivity contribution in [1.29, 1.82) is 5.41 Å². The third kappa shape index (κ3) is 6.74. The molecule has 4 rings (SSSR count). The summed E-state index contributed by atoms with van der Waals surface area (Å²) in [4.78, 5) is 39.8. The molecule has 2 aromatic rings. The van der Waals surface area contributed by atoms with Crippen LogP contribution >= 0.6 is 0 Å². The number of hydrogen-bond acceptors (Lipinski definition) is 8. The van der Waals surface area contributed by atoms with Crippen molar-refractivity contribution in [2.75, 3.05) is 39.5 Å². The van der Waals surface area contributed by atoms with E-state index in [1.165, 1.54) is 4.90 Å². The van der Waals surface area contributed by atoms with Crippen LogP contribution < -0.4 is 21.1 Å². The van der Waals surface area contributed by atoms with E-state index in [4.69, 9.17) is 30.1 Å². The van der Waals surface area contributed by atoms with E-state index in [2.05, 4.69) is 10.6 Å². The molecule has 12 nitrogen and oxygen atoms in total. The minimum absolute atomic E-state index is 0.0190. The lowest BCUT2D eigenvalue weighted by Crippen LogP contribution is -2.49. The van der Waals surface area contributed by atoms with Crippen LogP contribution in [-0.2, 0) is 23.8 Å². The lowest BCUT2D eigenvalue weighted by atomic mass is 10.1. The van der Waals surface area contributed by atoms with Crippen molar-refractivity contribution in [3.8, 4) is 11.5 Å². The molecule has 0 radical (unpaired) electrons. The average molecular weight is 512 g/mol. The summed E-state index contributed by atoms with van der Waals surface area (Å²) in [6.07, 6.45) is 0.162. The van der Waals surface area contributed by atoms with Gasteiger partial charge in [-0.3, -0.25) is 19.8 Å². The number of amides is 3. The summed E-state index contributed by atoms with van der Waals surface area (Å²) in [5.74, 6) is -1.12. The maximum Gasteiger partial charge on any atom is 0.279 e. The lowest BCUT2D eigenvalue weighted by Gasteiger charge is -2.24. The zero-order valence-electron chi connectivity index (χ0n) is 20.1.